The molecule has 1 heterocycles. The molecule has 6 nitrogen and oxygen atoms in total. The van der Waals surface area contributed by atoms with E-state index in [2.05, 4.69) is 20.6 Å². The molecule has 4 aromatic rings. The average Bonchev–Trinajstić information content (AvgIpc) is 3.34. The first-order chi connectivity index (χ1) is 17.9. The molecule has 3 aromatic carbocycles. The van der Waals surface area contributed by atoms with Crippen LogP contribution in [0.3, 0.4) is 0 Å². The van der Waals surface area contributed by atoms with Crippen molar-refractivity contribution in [1.29, 1.82) is 0 Å². The van der Waals surface area contributed by atoms with Gasteiger partial charge in [-0.2, -0.15) is 0 Å². The van der Waals surface area contributed by atoms with Gasteiger partial charge in [-0.3, -0.25) is 9.59 Å². The highest BCUT2D eigenvalue weighted by Crippen LogP contribution is 2.41. The van der Waals surface area contributed by atoms with Crippen LogP contribution >= 0.6 is 23.2 Å². The maximum Gasteiger partial charge on any atom is 0.255 e. The van der Waals surface area contributed by atoms with Crippen molar-refractivity contribution >= 4 is 51.7 Å². The molecule has 2 bridgehead atoms. The van der Waals surface area contributed by atoms with Crippen LogP contribution in [0, 0.1) is 11.8 Å². The third kappa shape index (κ3) is 4.96. The average molecular weight is 533 g/mol. The van der Waals surface area contributed by atoms with E-state index in [1.54, 1.807) is 18.2 Å². The molecule has 3 fully saturated rings. The lowest BCUT2D eigenvalue weighted by molar-refractivity contribution is 0.0810. The molecule has 3 aliphatic rings. The number of H-pyrrole nitrogens is 1. The Balaban J connectivity index is 1.14. The number of carbonyl (C=O) groups is 2. The molecule has 3 aliphatic carbocycles. The Hall–Kier alpha value is -3.35. The van der Waals surface area contributed by atoms with Gasteiger partial charge >= 0.3 is 0 Å². The van der Waals surface area contributed by atoms with Gasteiger partial charge in [0, 0.05) is 28.4 Å². The second-order valence-corrected chi connectivity index (χ2v) is 10.9. The molecule has 0 saturated heterocycles. The lowest BCUT2D eigenvalue weighted by Crippen LogP contribution is -2.47. The molecule has 0 aliphatic heterocycles. The maximum absolute atomic E-state index is 12.9. The predicted molar refractivity (Wildman–Crippen MR) is 147 cm³/mol. The van der Waals surface area contributed by atoms with Crippen molar-refractivity contribution in [1.82, 2.24) is 15.3 Å². The number of nitrogens with one attached hydrogen (secondary N) is 3. The minimum atomic E-state index is -0.285. The number of halogens is 2. The van der Waals surface area contributed by atoms with Crippen molar-refractivity contribution in [2.24, 2.45) is 11.8 Å². The number of benzene rings is 3. The topological polar surface area (TPSA) is 86.9 Å². The summed E-state index contributed by atoms with van der Waals surface area (Å²) in [6.07, 6.45) is 6.22. The van der Waals surface area contributed by atoms with Crippen LogP contribution in [0.2, 0.25) is 10.0 Å². The van der Waals surface area contributed by atoms with E-state index >= 15 is 0 Å². The highest BCUT2D eigenvalue weighted by atomic mass is 35.5. The van der Waals surface area contributed by atoms with Crippen molar-refractivity contribution in [3.8, 4) is 11.4 Å². The third-order valence-corrected chi connectivity index (χ3v) is 8.45. The fourth-order valence-electron chi connectivity index (χ4n) is 5.65. The van der Waals surface area contributed by atoms with Gasteiger partial charge in [-0.1, -0.05) is 48.2 Å². The van der Waals surface area contributed by atoms with E-state index in [4.69, 9.17) is 23.2 Å². The van der Waals surface area contributed by atoms with Crippen LogP contribution in [0.15, 0.2) is 60.7 Å². The van der Waals surface area contributed by atoms with E-state index in [1.165, 1.54) is 31.7 Å². The van der Waals surface area contributed by atoms with Gasteiger partial charge in [0.05, 0.1) is 21.1 Å². The van der Waals surface area contributed by atoms with Crippen molar-refractivity contribution in [3.63, 3.8) is 0 Å². The predicted octanol–water partition coefficient (Wildman–Crippen LogP) is 7.10. The minimum Gasteiger partial charge on any atom is -0.349 e. The molecule has 8 heteroatoms. The monoisotopic (exact) mass is 532 g/mol. The highest BCUT2D eigenvalue weighted by Gasteiger charge is 2.36. The number of amides is 2. The number of fused-ring (bicyclic) bond motifs is 4. The molecule has 188 valence electrons. The summed E-state index contributed by atoms with van der Waals surface area (Å²) in [6, 6.07) is 18.1. The smallest absolute Gasteiger partial charge is 0.255 e. The molecule has 7 rings (SSSR count). The lowest BCUT2D eigenvalue weighted by atomic mass is 9.68. The summed E-state index contributed by atoms with van der Waals surface area (Å²) < 4.78 is 0. The fourth-order valence-corrected chi connectivity index (χ4v) is 5.95. The van der Waals surface area contributed by atoms with E-state index in [0.717, 1.165) is 28.9 Å². The summed E-state index contributed by atoms with van der Waals surface area (Å²) >= 11 is 12.0. The number of hydrogen-bond donors (Lipinski definition) is 3. The normalized spacial score (nSPS) is 20.6. The van der Waals surface area contributed by atoms with E-state index in [0.29, 0.717) is 44.6 Å². The second kappa shape index (κ2) is 9.84. The highest BCUT2D eigenvalue weighted by molar-refractivity contribution is 6.42. The van der Waals surface area contributed by atoms with Crippen LogP contribution in [0.1, 0.15) is 52.8 Å². The standard InChI is InChI=1S/C29H26Cl2N4O2/c30-22-11-9-20(14-23(22)31)29(37)32-21-10-12-24-26(15-21)34-27(33-24)18-5-7-19(8-6-18)28(36)35-25-13-16-1-3-17(25)4-2-16/h5-12,14-17,25H,1-4,13H2,(H,32,37)(H,33,34)(H,35,36). The SMILES string of the molecule is O=C(Nc1ccc2nc(-c3ccc(C(=O)NC4CC5CCC4CC5)cc3)[nH]c2c1)c1ccc(Cl)c(Cl)c1. The van der Waals surface area contributed by atoms with Crippen molar-refractivity contribution in [3.05, 3.63) is 81.8 Å². The van der Waals surface area contributed by atoms with Crippen LogP contribution in [0.4, 0.5) is 5.69 Å². The Morgan fingerprint density at radius 2 is 1.59 bits per heavy atom. The number of imidazole rings is 1. The van der Waals surface area contributed by atoms with Crippen LogP contribution in [-0.4, -0.2) is 27.8 Å². The summed E-state index contributed by atoms with van der Waals surface area (Å²) in [4.78, 5) is 33.5. The zero-order chi connectivity index (χ0) is 25.5. The number of aromatic nitrogens is 2. The van der Waals surface area contributed by atoms with Crippen LogP contribution in [0.25, 0.3) is 22.4 Å². The number of aromatic amines is 1. The lowest BCUT2D eigenvalue weighted by Gasteiger charge is -2.42. The van der Waals surface area contributed by atoms with Gasteiger partial charge < -0.3 is 15.6 Å². The van der Waals surface area contributed by atoms with E-state index < -0.39 is 0 Å². The second-order valence-electron chi connectivity index (χ2n) is 10.1. The number of rotatable bonds is 5. The first-order valence-electron chi connectivity index (χ1n) is 12.6. The molecule has 3 saturated carbocycles. The molecule has 1 aromatic heterocycles. The van der Waals surface area contributed by atoms with E-state index in [9.17, 15) is 9.59 Å². The molecule has 2 amide bonds. The van der Waals surface area contributed by atoms with Crippen LogP contribution < -0.4 is 10.6 Å². The molecule has 3 N–H and O–H groups in total. The Morgan fingerprint density at radius 1 is 0.838 bits per heavy atom. The van der Waals surface area contributed by atoms with Gasteiger partial charge in [0.15, 0.2) is 0 Å². The Bertz CT molecular complexity index is 1490. The van der Waals surface area contributed by atoms with Crippen molar-refractivity contribution < 1.29 is 9.59 Å². The Morgan fingerprint density at radius 3 is 2.30 bits per heavy atom. The van der Waals surface area contributed by atoms with Gasteiger partial charge in [-0.15, -0.1) is 0 Å². The minimum absolute atomic E-state index is 0.00364. The number of hydrogen-bond acceptors (Lipinski definition) is 3. The van der Waals surface area contributed by atoms with Gasteiger partial charge in [0.25, 0.3) is 11.8 Å². The van der Waals surface area contributed by atoms with E-state index in [1.807, 2.05) is 36.4 Å². The van der Waals surface area contributed by atoms with Crippen molar-refractivity contribution in [2.75, 3.05) is 5.32 Å². The van der Waals surface area contributed by atoms with E-state index in [-0.39, 0.29) is 11.8 Å². The molecule has 0 radical (unpaired) electrons. The zero-order valence-corrected chi connectivity index (χ0v) is 21.6. The number of carbonyl (C=O) groups excluding carboxylic acids is 2. The third-order valence-electron chi connectivity index (χ3n) is 7.71. The molecule has 0 spiro atoms. The summed E-state index contributed by atoms with van der Waals surface area (Å²) in [7, 11) is 0. The molecule has 1 atom stereocenters. The quantitative estimate of drug-likeness (QED) is 0.256. The molecular formula is C29H26Cl2N4O2. The van der Waals surface area contributed by atoms with Gasteiger partial charge in [-0.05, 0) is 79.6 Å². The number of anilines is 1. The first-order valence-corrected chi connectivity index (χ1v) is 13.4. The van der Waals surface area contributed by atoms with Gasteiger partial charge in [0.1, 0.15) is 5.82 Å². The van der Waals surface area contributed by atoms with Crippen LogP contribution in [0.5, 0.6) is 0 Å². The molecular weight excluding hydrogens is 507 g/mol. The Labute approximate surface area is 224 Å². The fraction of sp³-hybridized carbons (Fsp3) is 0.276. The van der Waals surface area contributed by atoms with Gasteiger partial charge in [0.2, 0.25) is 0 Å². The van der Waals surface area contributed by atoms with Gasteiger partial charge in [-0.25, -0.2) is 4.98 Å². The Kier molecular flexibility index (Phi) is 6.39. The summed E-state index contributed by atoms with van der Waals surface area (Å²) in [6.45, 7) is 0. The summed E-state index contributed by atoms with van der Waals surface area (Å²) in [5, 5.41) is 6.88. The summed E-state index contributed by atoms with van der Waals surface area (Å²) in [5.41, 5.74) is 4.15. The summed E-state index contributed by atoms with van der Waals surface area (Å²) in [5.74, 6) is 1.81. The largest absolute Gasteiger partial charge is 0.349 e. The maximum atomic E-state index is 12.9. The first kappa shape index (κ1) is 24.0. The van der Waals surface area contributed by atoms with Crippen molar-refractivity contribution in [2.45, 2.75) is 38.1 Å². The number of nitrogens with zero attached hydrogens (tertiary/aromatic N) is 1. The zero-order valence-electron chi connectivity index (χ0n) is 20.1. The molecule has 1 unspecified atom stereocenters. The van der Waals surface area contributed by atoms with Crippen LogP contribution in [-0.2, 0) is 0 Å². The molecule has 37 heavy (non-hydrogen) atoms.